The molecule has 0 radical (unpaired) electrons. The van der Waals surface area contributed by atoms with Gasteiger partial charge in [0, 0.05) is 17.8 Å². The minimum atomic E-state index is -3.62. The van der Waals surface area contributed by atoms with E-state index in [2.05, 4.69) is 10.0 Å². The maximum atomic E-state index is 12.6. The predicted molar refractivity (Wildman–Crippen MR) is 113 cm³/mol. The molecule has 8 heteroatoms. The first kappa shape index (κ1) is 22.7. The SMILES string of the molecule is CCCCNS(=O)(=O)c1cccc(NC(=O)c2ccc(OC(C)C)c(OC)c2)c1. The molecule has 0 heterocycles. The molecule has 0 saturated heterocycles. The van der Waals surface area contributed by atoms with Crippen LogP contribution in [0.15, 0.2) is 47.4 Å². The van der Waals surface area contributed by atoms with Crippen molar-refractivity contribution >= 4 is 21.6 Å². The summed E-state index contributed by atoms with van der Waals surface area (Å²) in [7, 11) is -2.12. The number of anilines is 1. The highest BCUT2D eigenvalue weighted by atomic mass is 32.2. The fourth-order valence-corrected chi connectivity index (χ4v) is 3.69. The van der Waals surface area contributed by atoms with Gasteiger partial charge in [-0.25, -0.2) is 13.1 Å². The molecule has 0 aliphatic carbocycles. The van der Waals surface area contributed by atoms with Crippen LogP contribution in [-0.4, -0.2) is 34.1 Å². The number of benzene rings is 2. The van der Waals surface area contributed by atoms with Crippen molar-refractivity contribution in [3.8, 4) is 11.5 Å². The number of carbonyl (C=O) groups excluding carboxylic acids is 1. The van der Waals surface area contributed by atoms with E-state index in [0.717, 1.165) is 12.8 Å². The summed E-state index contributed by atoms with van der Waals surface area (Å²) in [5, 5.41) is 2.72. The molecule has 0 saturated carbocycles. The number of hydrogen-bond acceptors (Lipinski definition) is 5. The highest BCUT2D eigenvalue weighted by Gasteiger charge is 2.16. The van der Waals surface area contributed by atoms with Gasteiger partial charge in [0.2, 0.25) is 10.0 Å². The molecule has 29 heavy (non-hydrogen) atoms. The Morgan fingerprint density at radius 3 is 2.52 bits per heavy atom. The number of nitrogens with one attached hydrogen (secondary N) is 2. The first-order valence-corrected chi connectivity index (χ1v) is 11.0. The first-order chi connectivity index (χ1) is 13.8. The van der Waals surface area contributed by atoms with Crippen molar-refractivity contribution in [3.63, 3.8) is 0 Å². The number of carbonyl (C=O) groups is 1. The van der Waals surface area contributed by atoms with Gasteiger partial charge in [-0.3, -0.25) is 4.79 Å². The summed E-state index contributed by atoms with van der Waals surface area (Å²) in [6.45, 7) is 6.16. The van der Waals surface area contributed by atoms with Crippen LogP contribution in [0.3, 0.4) is 0 Å². The van der Waals surface area contributed by atoms with Crippen LogP contribution in [0.1, 0.15) is 44.0 Å². The number of rotatable bonds is 10. The van der Waals surface area contributed by atoms with Gasteiger partial charge in [0.15, 0.2) is 11.5 Å². The molecule has 0 unspecified atom stereocenters. The van der Waals surface area contributed by atoms with Crippen LogP contribution in [0, 0.1) is 0 Å². The molecule has 0 aliphatic heterocycles. The van der Waals surface area contributed by atoms with Gasteiger partial charge in [-0.1, -0.05) is 19.4 Å². The van der Waals surface area contributed by atoms with Gasteiger partial charge in [0.05, 0.1) is 18.1 Å². The van der Waals surface area contributed by atoms with Gasteiger partial charge in [0.25, 0.3) is 5.91 Å². The molecule has 2 rings (SSSR count). The molecule has 158 valence electrons. The van der Waals surface area contributed by atoms with Crippen molar-refractivity contribution in [3.05, 3.63) is 48.0 Å². The molecule has 1 amide bonds. The Morgan fingerprint density at radius 1 is 1.10 bits per heavy atom. The number of ether oxygens (including phenoxy) is 2. The zero-order chi connectivity index (χ0) is 21.4. The lowest BCUT2D eigenvalue weighted by atomic mass is 10.1. The Labute approximate surface area is 172 Å². The lowest BCUT2D eigenvalue weighted by Gasteiger charge is -2.14. The number of sulfonamides is 1. The monoisotopic (exact) mass is 420 g/mol. The fourth-order valence-electron chi connectivity index (χ4n) is 2.57. The van der Waals surface area contributed by atoms with Gasteiger partial charge >= 0.3 is 0 Å². The van der Waals surface area contributed by atoms with E-state index in [1.165, 1.54) is 19.2 Å². The maximum Gasteiger partial charge on any atom is 0.255 e. The summed E-state index contributed by atoms with van der Waals surface area (Å²) < 4.78 is 38.3. The maximum absolute atomic E-state index is 12.6. The second kappa shape index (κ2) is 10.3. The summed E-state index contributed by atoms with van der Waals surface area (Å²) in [5.74, 6) is 0.612. The topological polar surface area (TPSA) is 93.7 Å². The van der Waals surface area contributed by atoms with Gasteiger partial charge < -0.3 is 14.8 Å². The number of unbranched alkanes of at least 4 members (excludes halogenated alkanes) is 1. The van der Waals surface area contributed by atoms with E-state index in [1.807, 2.05) is 20.8 Å². The quantitative estimate of drug-likeness (QED) is 0.570. The fraction of sp³-hybridized carbons (Fsp3) is 0.381. The van der Waals surface area contributed by atoms with Crippen LogP contribution in [0.2, 0.25) is 0 Å². The second-order valence-electron chi connectivity index (χ2n) is 6.77. The summed E-state index contributed by atoms with van der Waals surface area (Å²) in [6.07, 6.45) is 1.62. The Hall–Kier alpha value is -2.58. The molecule has 2 aromatic carbocycles. The first-order valence-electron chi connectivity index (χ1n) is 9.52. The Morgan fingerprint density at radius 2 is 1.86 bits per heavy atom. The van der Waals surface area contributed by atoms with Crippen molar-refractivity contribution in [2.24, 2.45) is 0 Å². The lowest BCUT2D eigenvalue weighted by Crippen LogP contribution is -2.24. The van der Waals surface area contributed by atoms with Crippen molar-refractivity contribution < 1.29 is 22.7 Å². The Kier molecular flexibility index (Phi) is 8.04. The van der Waals surface area contributed by atoms with Crippen LogP contribution >= 0.6 is 0 Å². The largest absolute Gasteiger partial charge is 0.493 e. The molecular weight excluding hydrogens is 392 g/mol. The van der Waals surface area contributed by atoms with Crippen LogP contribution in [0.4, 0.5) is 5.69 Å². The average molecular weight is 421 g/mol. The molecule has 0 atom stereocenters. The molecule has 0 fully saturated rings. The van der Waals surface area contributed by atoms with E-state index in [1.54, 1.807) is 30.3 Å². The third-order valence-electron chi connectivity index (χ3n) is 4.01. The van der Waals surface area contributed by atoms with Gasteiger partial charge in [-0.2, -0.15) is 0 Å². The van der Waals surface area contributed by atoms with Gasteiger partial charge in [-0.15, -0.1) is 0 Å². The summed E-state index contributed by atoms with van der Waals surface area (Å²) in [4.78, 5) is 12.7. The summed E-state index contributed by atoms with van der Waals surface area (Å²) >= 11 is 0. The number of methoxy groups -OCH3 is 1. The van der Waals surface area contributed by atoms with Gasteiger partial charge in [0.1, 0.15) is 0 Å². The van der Waals surface area contributed by atoms with E-state index >= 15 is 0 Å². The molecule has 7 nitrogen and oxygen atoms in total. The normalized spacial score (nSPS) is 11.3. The predicted octanol–water partition coefficient (Wildman–Crippen LogP) is 3.81. The van der Waals surface area contributed by atoms with Crippen LogP contribution in [-0.2, 0) is 10.0 Å². The zero-order valence-electron chi connectivity index (χ0n) is 17.2. The van der Waals surface area contributed by atoms with Crippen LogP contribution in [0.25, 0.3) is 0 Å². The smallest absolute Gasteiger partial charge is 0.255 e. The van der Waals surface area contributed by atoms with Crippen molar-refractivity contribution in [2.45, 2.75) is 44.6 Å². The van der Waals surface area contributed by atoms with E-state index in [4.69, 9.17) is 9.47 Å². The van der Waals surface area contributed by atoms with E-state index in [-0.39, 0.29) is 16.9 Å². The van der Waals surface area contributed by atoms with Crippen LogP contribution < -0.4 is 19.5 Å². The Balaban J connectivity index is 2.17. The molecule has 2 N–H and O–H groups in total. The molecule has 0 aliphatic rings. The molecule has 0 bridgehead atoms. The van der Waals surface area contributed by atoms with Crippen molar-refractivity contribution in [1.82, 2.24) is 4.72 Å². The third kappa shape index (κ3) is 6.47. The second-order valence-corrected chi connectivity index (χ2v) is 8.53. The minimum Gasteiger partial charge on any atom is -0.493 e. The summed E-state index contributed by atoms with van der Waals surface area (Å²) in [5.41, 5.74) is 0.752. The molecule has 0 aromatic heterocycles. The highest BCUT2D eigenvalue weighted by Crippen LogP contribution is 2.29. The molecule has 2 aromatic rings. The molecule has 0 spiro atoms. The van der Waals surface area contributed by atoms with E-state index < -0.39 is 10.0 Å². The van der Waals surface area contributed by atoms with E-state index in [9.17, 15) is 13.2 Å². The highest BCUT2D eigenvalue weighted by molar-refractivity contribution is 7.89. The lowest BCUT2D eigenvalue weighted by molar-refractivity contribution is 0.102. The zero-order valence-corrected chi connectivity index (χ0v) is 18.0. The number of hydrogen-bond donors (Lipinski definition) is 2. The van der Waals surface area contributed by atoms with Crippen molar-refractivity contribution in [1.29, 1.82) is 0 Å². The number of amides is 1. The summed E-state index contributed by atoms with van der Waals surface area (Å²) in [6, 6.07) is 11.0. The average Bonchev–Trinajstić information content (AvgIpc) is 2.68. The Bertz CT molecular complexity index is 942. The standard InChI is InChI=1S/C21H28N2O5S/c1-5-6-12-22-29(25,26)18-9-7-8-17(14-18)23-21(24)16-10-11-19(28-15(2)3)20(13-16)27-4/h7-11,13-15,22H,5-6,12H2,1-4H3,(H,23,24). The third-order valence-corrected chi connectivity index (χ3v) is 5.47. The van der Waals surface area contributed by atoms with Crippen molar-refractivity contribution in [2.75, 3.05) is 19.0 Å². The molecular formula is C21H28N2O5S. The van der Waals surface area contributed by atoms with Crippen LogP contribution in [0.5, 0.6) is 11.5 Å². The van der Waals surface area contributed by atoms with Gasteiger partial charge in [-0.05, 0) is 56.7 Å². The van der Waals surface area contributed by atoms with E-state index in [0.29, 0.717) is 29.3 Å². The minimum absolute atomic E-state index is 0.0285.